The molecule has 1 aromatic heterocycles. The van der Waals surface area contributed by atoms with Crippen molar-refractivity contribution in [1.29, 1.82) is 0 Å². The number of carbonyl (C=O) groups excluding carboxylic acids is 2. The number of likely N-dealkylation sites (N-methyl/N-ethyl adjacent to an activating group) is 1. The minimum atomic E-state index is -4.44. The third-order valence-electron chi connectivity index (χ3n) is 5.65. The van der Waals surface area contributed by atoms with Crippen LogP contribution in [-0.2, 0) is 15.7 Å². The molecular formula is C26H29F3N2O4S. The van der Waals surface area contributed by atoms with Crippen molar-refractivity contribution >= 4 is 38.3 Å². The predicted octanol–water partition coefficient (Wildman–Crippen LogP) is 6.44. The summed E-state index contributed by atoms with van der Waals surface area (Å²) in [5, 5.41) is 3.56. The maximum Gasteiger partial charge on any atom is 0.416 e. The molecule has 0 saturated carbocycles. The van der Waals surface area contributed by atoms with Gasteiger partial charge in [-0.1, -0.05) is 32.0 Å². The number of nitrogens with one attached hydrogen (secondary N) is 1. The van der Waals surface area contributed by atoms with Crippen molar-refractivity contribution in [2.24, 2.45) is 0 Å². The Kier molecular flexibility index (Phi) is 8.97. The fraction of sp³-hybridized carbons (Fsp3) is 0.385. The molecule has 3 rings (SSSR count). The zero-order valence-corrected chi connectivity index (χ0v) is 21.4. The van der Waals surface area contributed by atoms with Crippen LogP contribution in [0.4, 0.5) is 18.2 Å². The lowest BCUT2D eigenvalue weighted by Crippen LogP contribution is -2.28. The van der Waals surface area contributed by atoms with Gasteiger partial charge in [0.05, 0.1) is 16.9 Å². The summed E-state index contributed by atoms with van der Waals surface area (Å²) in [5.74, 6) is -0.491. The molecule has 0 spiro atoms. The lowest BCUT2D eigenvalue weighted by Gasteiger charge is -2.19. The van der Waals surface area contributed by atoms with E-state index < -0.39 is 17.7 Å². The van der Waals surface area contributed by atoms with E-state index in [4.69, 9.17) is 9.47 Å². The Morgan fingerprint density at radius 3 is 2.25 bits per heavy atom. The summed E-state index contributed by atoms with van der Waals surface area (Å²) in [4.78, 5) is 26.8. The second kappa shape index (κ2) is 11.7. The number of fused-ring (bicyclic) bond motifs is 1. The number of alkyl halides is 3. The van der Waals surface area contributed by atoms with Gasteiger partial charge in [0, 0.05) is 24.4 Å². The van der Waals surface area contributed by atoms with Gasteiger partial charge in [0.25, 0.3) is 0 Å². The number of nitrogens with zero attached hydrogens (tertiary/aromatic N) is 1. The molecule has 1 N–H and O–H groups in total. The van der Waals surface area contributed by atoms with Crippen molar-refractivity contribution in [1.82, 2.24) is 4.90 Å². The van der Waals surface area contributed by atoms with E-state index in [1.165, 1.54) is 30.4 Å². The van der Waals surface area contributed by atoms with Crippen LogP contribution in [-0.4, -0.2) is 49.6 Å². The Morgan fingerprint density at radius 1 is 1.03 bits per heavy atom. The van der Waals surface area contributed by atoms with Gasteiger partial charge < -0.3 is 19.7 Å². The summed E-state index contributed by atoms with van der Waals surface area (Å²) in [6, 6.07) is 8.27. The highest BCUT2D eigenvalue weighted by molar-refractivity contribution is 7.24. The summed E-state index contributed by atoms with van der Waals surface area (Å²) in [5.41, 5.74) is 0.598. The number of thiophene rings is 1. The number of anilines is 1. The molecule has 0 radical (unpaired) electrons. The van der Waals surface area contributed by atoms with Crippen LogP contribution in [0.5, 0.6) is 5.75 Å². The van der Waals surface area contributed by atoms with Crippen molar-refractivity contribution in [2.75, 3.05) is 38.2 Å². The zero-order valence-electron chi connectivity index (χ0n) is 20.6. The largest absolute Gasteiger partial charge is 0.490 e. The van der Waals surface area contributed by atoms with E-state index in [1.54, 1.807) is 19.1 Å². The normalized spacial score (nSPS) is 11.7. The second-order valence-electron chi connectivity index (χ2n) is 7.98. The number of carbonyl (C=O) groups is 2. The van der Waals surface area contributed by atoms with Gasteiger partial charge in [-0.3, -0.25) is 4.79 Å². The van der Waals surface area contributed by atoms with Crippen LogP contribution in [0.25, 0.3) is 21.2 Å². The number of rotatable bonds is 10. The number of hydrogen-bond donors (Lipinski definition) is 1. The highest BCUT2D eigenvalue weighted by Gasteiger charge is 2.30. The number of ether oxygens (including phenoxy) is 2. The fourth-order valence-corrected chi connectivity index (χ4v) is 5.05. The number of hydrogen-bond acceptors (Lipinski definition) is 6. The van der Waals surface area contributed by atoms with Gasteiger partial charge in [-0.15, -0.1) is 11.3 Å². The first-order chi connectivity index (χ1) is 17.1. The quantitative estimate of drug-likeness (QED) is 0.310. The SMILES string of the molecule is CCOC(=O)c1c(NC(C)=O)sc2c(OCCN(CC)CC)c(-c3ccc(C(F)(F)F)cc3)ccc12. The van der Waals surface area contributed by atoms with Crippen LogP contribution in [0.2, 0.25) is 0 Å². The minimum absolute atomic E-state index is 0.159. The van der Waals surface area contributed by atoms with Gasteiger partial charge in [-0.2, -0.15) is 13.2 Å². The number of halogens is 3. The lowest BCUT2D eigenvalue weighted by molar-refractivity contribution is -0.137. The number of amides is 1. The molecule has 0 aliphatic heterocycles. The van der Waals surface area contributed by atoms with E-state index in [1.807, 2.05) is 13.8 Å². The van der Waals surface area contributed by atoms with Crippen molar-refractivity contribution < 1.29 is 32.2 Å². The molecule has 2 aromatic carbocycles. The van der Waals surface area contributed by atoms with Crippen LogP contribution < -0.4 is 10.1 Å². The Morgan fingerprint density at radius 2 is 1.69 bits per heavy atom. The molecule has 1 heterocycles. The van der Waals surface area contributed by atoms with Crippen LogP contribution >= 0.6 is 11.3 Å². The van der Waals surface area contributed by atoms with Gasteiger partial charge >= 0.3 is 12.1 Å². The van der Waals surface area contributed by atoms with E-state index in [0.29, 0.717) is 45.1 Å². The minimum Gasteiger partial charge on any atom is -0.490 e. The zero-order chi connectivity index (χ0) is 26.5. The van der Waals surface area contributed by atoms with Crippen molar-refractivity contribution in [3.63, 3.8) is 0 Å². The molecule has 0 atom stereocenters. The molecule has 10 heteroatoms. The summed E-state index contributed by atoms with van der Waals surface area (Å²) < 4.78 is 51.4. The van der Waals surface area contributed by atoms with Gasteiger partial charge in [-0.05, 0) is 43.8 Å². The molecule has 0 bridgehead atoms. The summed E-state index contributed by atoms with van der Waals surface area (Å²) in [6.45, 7) is 9.94. The van der Waals surface area contributed by atoms with E-state index >= 15 is 0 Å². The van der Waals surface area contributed by atoms with E-state index in [2.05, 4.69) is 10.2 Å². The van der Waals surface area contributed by atoms with E-state index in [0.717, 1.165) is 25.2 Å². The number of benzene rings is 2. The average molecular weight is 523 g/mol. The molecule has 0 saturated heterocycles. The first-order valence-corrected chi connectivity index (χ1v) is 12.5. The highest BCUT2D eigenvalue weighted by atomic mass is 32.1. The Balaban J connectivity index is 2.17. The monoisotopic (exact) mass is 522 g/mol. The predicted molar refractivity (Wildman–Crippen MR) is 136 cm³/mol. The van der Waals surface area contributed by atoms with Gasteiger partial charge in [0.1, 0.15) is 22.9 Å². The van der Waals surface area contributed by atoms with Crippen LogP contribution in [0.1, 0.15) is 43.6 Å². The van der Waals surface area contributed by atoms with E-state index in [-0.39, 0.29) is 18.1 Å². The van der Waals surface area contributed by atoms with Crippen molar-refractivity contribution in [3.05, 3.63) is 47.5 Å². The molecule has 0 aliphatic carbocycles. The average Bonchev–Trinajstić information content (AvgIpc) is 3.19. The maximum absolute atomic E-state index is 13.1. The third kappa shape index (κ3) is 6.17. The van der Waals surface area contributed by atoms with Gasteiger partial charge in [0.2, 0.25) is 5.91 Å². The number of esters is 1. The molecule has 3 aromatic rings. The smallest absolute Gasteiger partial charge is 0.416 e. The molecule has 1 amide bonds. The summed E-state index contributed by atoms with van der Waals surface area (Å²) in [6.07, 6.45) is -4.44. The van der Waals surface area contributed by atoms with Crippen molar-refractivity contribution in [2.45, 2.75) is 33.9 Å². The Hall–Kier alpha value is -3.11. The lowest BCUT2D eigenvalue weighted by atomic mass is 10.0. The van der Waals surface area contributed by atoms with E-state index in [9.17, 15) is 22.8 Å². The standard InChI is InChI=1S/C26H29F3N2O4S/c1-5-31(6-2)14-15-35-22-19(17-8-10-18(11-9-17)26(27,28)29)12-13-20-21(25(33)34-7-3)24(30-16(4)32)36-23(20)22/h8-13H,5-7,14-15H2,1-4H3,(H,30,32). The van der Waals surface area contributed by atoms with Gasteiger partial charge in [-0.25, -0.2) is 4.79 Å². The third-order valence-corrected chi connectivity index (χ3v) is 6.77. The van der Waals surface area contributed by atoms with Gasteiger partial charge in [0.15, 0.2) is 0 Å². The van der Waals surface area contributed by atoms with Crippen molar-refractivity contribution in [3.8, 4) is 16.9 Å². The molecule has 36 heavy (non-hydrogen) atoms. The molecule has 0 unspecified atom stereocenters. The maximum atomic E-state index is 13.1. The highest BCUT2D eigenvalue weighted by Crippen LogP contribution is 2.46. The summed E-state index contributed by atoms with van der Waals surface area (Å²) in [7, 11) is 0. The van der Waals surface area contributed by atoms with Crippen LogP contribution in [0.15, 0.2) is 36.4 Å². The summed E-state index contributed by atoms with van der Waals surface area (Å²) >= 11 is 1.17. The topological polar surface area (TPSA) is 67.9 Å². The first-order valence-electron chi connectivity index (χ1n) is 11.7. The second-order valence-corrected chi connectivity index (χ2v) is 9.00. The Bertz CT molecular complexity index is 1220. The molecule has 0 fully saturated rings. The fourth-order valence-electron chi connectivity index (χ4n) is 3.82. The molecular weight excluding hydrogens is 493 g/mol. The molecule has 0 aliphatic rings. The van der Waals surface area contributed by atoms with Crippen LogP contribution in [0, 0.1) is 0 Å². The molecule has 194 valence electrons. The Labute approximate surface area is 212 Å². The molecule has 6 nitrogen and oxygen atoms in total. The first kappa shape index (κ1) is 27.5. The van der Waals surface area contributed by atoms with Crippen LogP contribution in [0.3, 0.4) is 0 Å².